The maximum Gasteiger partial charge on any atom is 0.323 e. The van der Waals surface area contributed by atoms with E-state index in [2.05, 4.69) is 5.32 Å². The molecule has 1 fully saturated rings. The molecule has 3 rings (SSSR count). The van der Waals surface area contributed by atoms with Gasteiger partial charge in [0.05, 0.1) is 12.3 Å². The number of hydrogen-bond acceptors (Lipinski definition) is 7. The first-order valence-electron chi connectivity index (χ1n) is 10.7. The Morgan fingerprint density at radius 1 is 1.31 bits per heavy atom. The second-order valence-electron chi connectivity index (χ2n) is 7.75. The lowest BCUT2D eigenvalue weighted by Gasteiger charge is -2.27. The Bertz CT molecular complexity index is 789. The van der Waals surface area contributed by atoms with Crippen LogP contribution >= 0.6 is 24.2 Å². The molecule has 0 bridgehead atoms. The summed E-state index contributed by atoms with van der Waals surface area (Å²) in [5.74, 6) is 1.32. The molecule has 8 nitrogen and oxygen atoms in total. The number of carboxylic acid groups (broad SMARTS) is 1. The Balaban J connectivity index is 0.00000363. The summed E-state index contributed by atoms with van der Waals surface area (Å²) in [6.07, 6.45) is 3.70. The molecule has 0 aromatic heterocycles. The summed E-state index contributed by atoms with van der Waals surface area (Å²) < 4.78 is 11.0. The Morgan fingerprint density at radius 2 is 2.03 bits per heavy atom. The van der Waals surface area contributed by atoms with E-state index in [-0.39, 0.29) is 25.6 Å². The average molecular weight is 487 g/mol. The van der Waals surface area contributed by atoms with Crippen LogP contribution in [0.5, 0.6) is 5.75 Å². The number of fused-ring (bicyclic) bond motifs is 1. The standard InChI is InChI=1S/C22H30N2O6S.ClH/c1-2-29-22(28)16(8-7-15-9-11-31-12-10-15)23-17-14-30-19-6-4-3-5-18(19)24(21(17)27)13-20(25)26;/h3-6,15-17,23H,2,7-14H2,1H3,(H,25,26);1H/t16-,17-;/m0./s1. The molecule has 10 heteroatoms. The molecular weight excluding hydrogens is 456 g/mol. The number of nitrogens with one attached hydrogen (secondary N) is 1. The molecule has 0 aliphatic carbocycles. The summed E-state index contributed by atoms with van der Waals surface area (Å²) in [4.78, 5) is 38.4. The van der Waals surface area contributed by atoms with Crippen molar-refractivity contribution in [2.45, 2.75) is 44.7 Å². The quantitative estimate of drug-likeness (QED) is 0.513. The molecule has 2 N–H and O–H groups in total. The van der Waals surface area contributed by atoms with Gasteiger partial charge < -0.3 is 14.6 Å². The molecule has 2 heterocycles. The largest absolute Gasteiger partial charge is 0.489 e. The highest BCUT2D eigenvalue weighted by molar-refractivity contribution is 7.99. The highest BCUT2D eigenvalue weighted by Crippen LogP contribution is 2.31. The topological polar surface area (TPSA) is 105 Å². The Kier molecular flexibility index (Phi) is 10.6. The number of anilines is 1. The van der Waals surface area contributed by atoms with Crippen LogP contribution in [0.25, 0.3) is 0 Å². The van der Waals surface area contributed by atoms with Crippen molar-refractivity contribution in [2.24, 2.45) is 5.92 Å². The summed E-state index contributed by atoms with van der Waals surface area (Å²) in [6, 6.07) is 5.33. The van der Waals surface area contributed by atoms with Gasteiger partial charge in [-0.05, 0) is 62.2 Å². The van der Waals surface area contributed by atoms with Crippen molar-refractivity contribution < 1.29 is 29.0 Å². The number of halogens is 1. The van der Waals surface area contributed by atoms with E-state index in [1.165, 1.54) is 4.90 Å². The van der Waals surface area contributed by atoms with Crippen LogP contribution < -0.4 is 15.0 Å². The summed E-state index contributed by atoms with van der Waals surface area (Å²) in [7, 11) is 0. The molecule has 2 aliphatic heterocycles. The zero-order chi connectivity index (χ0) is 22.2. The van der Waals surface area contributed by atoms with Gasteiger partial charge in [0.2, 0.25) is 5.91 Å². The second-order valence-corrected chi connectivity index (χ2v) is 8.98. The zero-order valence-electron chi connectivity index (χ0n) is 18.2. The van der Waals surface area contributed by atoms with Crippen LogP contribution in [0.1, 0.15) is 32.6 Å². The fourth-order valence-corrected chi connectivity index (χ4v) is 5.17. The zero-order valence-corrected chi connectivity index (χ0v) is 19.8. The number of amides is 1. The van der Waals surface area contributed by atoms with E-state index in [1.54, 1.807) is 31.2 Å². The van der Waals surface area contributed by atoms with E-state index in [9.17, 15) is 19.5 Å². The minimum Gasteiger partial charge on any atom is -0.489 e. The normalized spacial score (nSPS) is 19.7. The van der Waals surface area contributed by atoms with E-state index in [0.717, 1.165) is 30.8 Å². The molecule has 0 saturated carbocycles. The van der Waals surface area contributed by atoms with Gasteiger partial charge in [0.1, 0.15) is 31.0 Å². The monoisotopic (exact) mass is 486 g/mol. The number of carbonyl (C=O) groups excluding carboxylic acids is 2. The molecule has 32 heavy (non-hydrogen) atoms. The minimum absolute atomic E-state index is 0. The van der Waals surface area contributed by atoms with Gasteiger partial charge in [0, 0.05) is 0 Å². The van der Waals surface area contributed by atoms with E-state index >= 15 is 0 Å². The Morgan fingerprint density at radius 3 is 2.72 bits per heavy atom. The maximum absolute atomic E-state index is 13.2. The van der Waals surface area contributed by atoms with Crippen molar-refractivity contribution in [3.63, 3.8) is 0 Å². The maximum atomic E-state index is 13.2. The molecule has 178 valence electrons. The number of carboxylic acids is 1. The van der Waals surface area contributed by atoms with Crippen LogP contribution in [-0.2, 0) is 19.1 Å². The summed E-state index contributed by atoms with van der Waals surface area (Å²) >= 11 is 1.96. The van der Waals surface area contributed by atoms with E-state index in [1.807, 2.05) is 11.8 Å². The number of nitrogens with zero attached hydrogens (tertiary/aromatic N) is 1. The van der Waals surface area contributed by atoms with Crippen molar-refractivity contribution in [3.8, 4) is 5.75 Å². The van der Waals surface area contributed by atoms with Gasteiger partial charge in [-0.1, -0.05) is 12.1 Å². The Labute approximate surface area is 198 Å². The first-order valence-corrected chi connectivity index (χ1v) is 11.9. The first kappa shape index (κ1) is 26.3. The summed E-state index contributed by atoms with van der Waals surface area (Å²) in [6.45, 7) is 1.52. The fourth-order valence-electron chi connectivity index (χ4n) is 3.96. The molecular formula is C22H31ClN2O6S. The molecule has 2 atom stereocenters. The number of esters is 1. The highest BCUT2D eigenvalue weighted by Gasteiger charge is 2.35. The van der Waals surface area contributed by atoms with Gasteiger partial charge in [-0.25, -0.2) is 0 Å². The van der Waals surface area contributed by atoms with Crippen LogP contribution in [-0.4, -0.2) is 66.3 Å². The van der Waals surface area contributed by atoms with Crippen LogP contribution in [0.15, 0.2) is 24.3 Å². The van der Waals surface area contributed by atoms with Gasteiger partial charge >= 0.3 is 11.9 Å². The molecule has 1 saturated heterocycles. The first-order chi connectivity index (χ1) is 15.0. The smallest absolute Gasteiger partial charge is 0.323 e. The lowest BCUT2D eigenvalue weighted by molar-refractivity contribution is -0.146. The van der Waals surface area contributed by atoms with Gasteiger partial charge in [0.15, 0.2) is 0 Å². The average Bonchev–Trinajstić information content (AvgIpc) is 2.89. The highest BCUT2D eigenvalue weighted by atomic mass is 35.5. The van der Waals surface area contributed by atoms with Gasteiger partial charge in [-0.15, -0.1) is 12.4 Å². The molecule has 1 aromatic rings. The van der Waals surface area contributed by atoms with Crippen molar-refractivity contribution >= 4 is 47.7 Å². The van der Waals surface area contributed by atoms with Crippen molar-refractivity contribution in [3.05, 3.63) is 24.3 Å². The van der Waals surface area contributed by atoms with Crippen LogP contribution in [0.3, 0.4) is 0 Å². The number of rotatable bonds is 9. The second kappa shape index (κ2) is 12.9. The molecule has 0 radical (unpaired) electrons. The molecule has 0 spiro atoms. The molecule has 1 aromatic carbocycles. The molecule has 0 unspecified atom stereocenters. The number of ether oxygens (including phenoxy) is 2. The lowest BCUT2D eigenvalue weighted by Crippen LogP contribution is -2.55. The van der Waals surface area contributed by atoms with Gasteiger partial charge in [-0.2, -0.15) is 11.8 Å². The minimum atomic E-state index is -1.12. The number of aliphatic carboxylic acids is 1. The number of thioether (sulfide) groups is 1. The van der Waals surface area contributed by atoms with E-state index < -0.39 is 36.5 Å². The van der Waals surface area contributed by atoms with Crippen LogP contribution in [0.4, 0.5) is 5.69 Å². The number of para-hydroxylation sites is 2. The van der Waals surface area contributed by atoms with Gasteiger partial charge in [0.25, 0.3) is 0 Å². The van der Waals surface area contributed by atoms with Crippen LogP contribution in [0, 0.1) is 5.92 Å². The van der Waals surface area contributed by atoms with Crippen molar-refractivity contribution in [1.82, 2.24) is 5.32 Å². The van der Waals surface area contributed by atoms with Crippen LogP contribution in [0.2, 0.25) is 0 Å². The number of benzene rings is 1. The van der Waals surface area contributed by atoms with Crippen molar-refractivity contribution in [2.75, 3.05) is 36.2 Å². The third-order valence-electron chi connectivity index (χ3n) is 5.60. The van der Waals surface area contributed by atoms with Crippen molar-refractivity contribution in [1.29, 1.82) is 0 Å². The number of carbonyl (C=O) groups is 3. The number of hydrogen-bond donors (Lipinski definition) is 2. The predicted octanol–water partition coefficient (Wildman–Crippen LogP) is 2.73. The third-order valence-corrected chi connectivity index (χ3v) is 6.65. The Hall–Kier alpha value is -1.97. The lowest BCUT2D eigenvalue weighted by atomic mass is 9.94. The summed E-state index contributed by atoms with van der Waals surface area (Å²) in [5.41, 5.74) is 0.409. The molecule has 1 amide bonds. The van der Waals surface area contributed by atoms with Gasteiger partial charge in [-0.3, -0.25) is 24.6 Å². The fraction of sp³-hybridized carbons (Fsp3) is 0.591. The predicted molar refractivity (Wildman–Crippen MR) is 126 cm³/mol. The third kappa shape index (κ3) is 7.02. The van der Waals surface area contributed by atoms with E-state index in [0.29, 0.717) is 23.8 Å². The SMILES string of the molecule is CCOC(=O)[C@H](CCC1CCSCC1)N[C@H]1COc2ccccc2N(CC(=O)O)C1=O.Cl. The van der Waals surface area contributed by atoms with E-state index in [4.69, 9.17) is 9.47 Å². The summed E-state index contributed by atoms with van der Waals surface area (Å²) in [5, 5.41) is 12.4. The molecule has 2 aliphatic rings.